The van der Waals surface area contributed by atoms with Gasteiger partial charge in [0.1, 0.15) is 5.82 Å². The van der Waals surface area contributed by atoms with Crippen molar-refractivity contribution in [1.82, 2.24) is 14.9 Å². The van der Waals surface area contributed by atoms with Crippen molar-refractivity contribution in [3.05, 3.63) is 132 Å². The number of nitrogens with one attached hydrogen (secondary N) is 3. The Bertz CT molecular complexity index is 1690. The van der Waals surface area contributed by atoms with E-state index in [1.165, 1.54) is 24.3 Å². The van der Waals surface area contributed by atoms with Gasteiger partial charge in [-0.1, -0.05) is 42.5 Å². The lowest BCUT2D eigenvalue weighted by atomic mass is 10.0. The van der Waals surface area contributed by atoms with E-state index >= 15 is 0 Å². The highest BCUT2D eigenvalue weighted by Gasteiger charge is 2.25. The molecule has 5 aromatic rings. The van der Waals surface area contributed by atoms with E-state index in [1.807, 2.05) is 29.3 Å². The lowest BCUT2D eigenvalue weighted by Gasteiger charge is -2.24. The minimum absolute atomic E-state index is 0.129. The highest BCUT2D eigenvalue weighted by molar-refractivity contribution is 6.01. The summed E-state index contributed by atoms with van der Waals surface area (Å²) in [4.78, 5) is 37.9. The molecule has 8 nitrogen and oxygen atoms in total. The molecule has 210 valence electrons. The molecule has 4 aromatic carbocycles. The van der Waals surface area contributed by atoms with E-state index in [0.29, 0.717) is 43.1 Å². The molecule has 0 unspecified atom stereocenters. The number of imidazole rings is 1. The predicted octanol–water partition coefficient (Wildman–Crippen LogP) is 6.52. The third-order valence-corrected chi connectivity index (χ3v) is 7.19. The summed E-state index contributed by atoms with van der Waals surface area (Å²) in [6.45, 7) is 2.20. The summed E-state index contributed by atoms with van der Waals surface area (Å²) in [5, 5.41) is 5.42. The lowest BCUT2D eigenvalue weighted by Crippen LogP contribution is -2.35. The molecule has 0 saturated heterocycles. The molecule has 0 aliphatic carbocycles. The first-order valence-corrected chi connectivity index (χ1v) is 13.7. The van der Waals surface area contributed by atoms with E-state index in [4.69, 9.17) is 0 Å². The number of hydrogen-bond acceptors (Lipinski definition) is 4. The fourth-order valence-corrected chi connectivity index (χ4v) is 5.13. The average molecular weight is 561 g/mol. The summed E-state index contributed by atoms with van der Waals surface area (Å²) in [5.74, 6) is -0.515. The molecule has 0 spiro atoms. The van der Waals surface area contributed by atoms with E-state index in [1.54, 1.807) is 30.6 Å². The fourth-order valence-electron chi connectivity index (χ4n) is 5.13. The molecular weight excluding hydrogens is 531 g/mol. The smallest absolute Gasteiger partial charge is 0.323 e. The van der Waals surface area contributed by atoms with Crippen LogP contribution in [0.5, 0.6) is 0 Å². The number of carbonyl (C=O) groups is 2. The minimum atomic E-state index is -0.489. The first-order valence-electron chi connectivity index (χ1n) is 13.7. The van der Waals surface area contributed by atoms with Crippen molar-refractivity contribution < 1.29 is 14.0 Å². The number of aromatic amines is 1. The molecule has 9 heteroatoms. The Kier molecular flexibility index (Phi) is 7.63. The Morgan fingerprint density at radius 3 is 2.43 bits per heavy atom. The van der Waals surface area contributed by atoms with Gasteiger partial charge in [0.25, 0.3) is 5.91 Å². The number of rotatable bonds is 6. The van der Waals surface area contributed by atoms with Crippen LogP contribution in [0.3, 0.4) is 0 Å². The molecule has 2 heterocycles. The molecule has 6 rings (SSSR count). The molecule has 3 amide bonds. The van der Waals surface area contributed by atoms with Crippen LogP contribution in [0.2, 0.25) is 0 Å². The van der Waals surface area contributed by atoms with Gasteiger partial charge < -0.3 is 25.4 Å². The van der Waals surface area contributed by atoms with Crippen molar-refractivity contribution in [1.29, 1.82) is 0 Å². The van der Waals surface area contributed by atoms with Gasteiger partial charge in [0.15, 0.2) is 0 Å². The van der Waals surface area contributed by atoms with Crippen molar-refractivity contribution >= 4 is 29.0 Å². The Balaban J connectivity index is 1.23. The van der Waals surface area contributed by atoms with Gasteiger partial charge >= 0.3 is 6.03 Å². The Labute approximate surface area is 242 Å². The number of hydrogen-bond donors (Lipinski definition) is 3. The second-order valence-corrected chi connectivity index (χ2v) is 10.1. The maximum absolute atomic E-state index is 13.8. The summed E-state index contributed by atoms with van der Waals surface area (Å²) in [7, 11) is 0. The van der Waals surface area contributed by atoms with Crippen LogP contribution in [0, 0.1) is 5.82 Å². The number of fused-ring (bicyclic) bond motifs is 1. The summed E-state index contributed by atoms with van der Waals surface area (Å²) in [5.41, 5.74) is 6.63. The van der Waals surface area contributed by atoms with E-state index in [0.717, 1.165) is 28.1 Å². The van der Waals surface area contributed by atoms with Crippen molar-refractivity contribution in [3.63, 3.8) is 0 Å². The maximum atomic E-state index is 13.8. The fraction of sp³-hybridized carbons (Fsp3) is 0.121. The van der Waals surface area contributed by atoms with Gasteiger partial charge in [0.05, 0.1) is 18.6 Å². The SMILES string of the molecule is O=C(Nc1ccc(F)cc1)Nc1cccc(C(=O)N2CCN(Cc3c[nH]cn3)c3ccc(-c4ccccc4)cc3C2)c1. The van der Waals surface area contributed by atoms with Crippen molar-refractivity contribution in [2.24, 2.45) is 0 Å². The zero-order valence-corrected chi connectivity index (χ0v) is 22.8. The van der Waals surface area contributed by atoms with Gasteiger partial charge in [-0.3, -0.25) is 4.79 Å². The van der Waals surface area contributed by atoms with E-state index in [-0.39, 0.29) is 11.7 Å². The first kappa shape index (κ1) is 26.8. The van der Waals surface area contributed by atoms with Gasteiger partial charge in [0, 0.05) is 48.5 Å². The number of benzene rings is 4. The van der Waals surface area contributed by atoms with Gasteiger partial charge in [-0.15, -0.1) is 0 Å². The highest BCUT2D eigenvalue weighted by atomic mass is 19.1. The number of anilines is 3. The largest absolute Gasteiger partial charge is 0.364 e. The summed E-state index contributed by atoms with van der Waals surface area (Å²) in [6, 6.07) is 28.5. The van der Waals surface area contributed by atoms with Gasteiger partial charge in [-0.2, -0.15) is 0 Å². The van der Waals surface area contributed by atoms with Crippen molar-refractivity contribution in [2.75, 3.05) is 28.6 Å². The number of aromatic nitrogens is 2. The van der Waals surface area contributed by atoms with E-state index < -0.39 is 6.03 Å². The molecule has 0 saturated carbocycles. The minimum Gasteiger partial charge on any atom is -0.364 e. The quantitative estimate of drug-likeness (QED) is 0.220. The molecule has 0 bridgehead atoms. The van der Waals surface area contributed by atoms with Crippen LogP contribution < -0.4 is 15.5 Å². The number of carbonyl (C=O) groups excluding carboxylic acids is 2. The van der Waals surface area contributed by atoms with Crippen LogP contribution >= 0.6 is 0 Å². The number of urea groups is 1. The van der Waals surface area contributed by atoms with Crippen molar-refractivity contribution in [3.8, 4) is 11.1 Å². The molecule has 0 radical (unpaired) electrons. The summed E-state index contributed by atoms with van der Waals surface area (Å²) < 4.78 is 13.2. The Hall–Kier alpha value is -5.44. The molecule has 1 aliphatic heterocycles. The number of amides is 3. The average Bonchev–Trinajstić information content (AvgIpc) is 3.46. The standard InChI is InChI=1S/C33H29FN6O2/c34-27-10-12-28(13-11-27)37-33(42)38-29-8-4-7-25(18-29)32(41)40-16-15-39(21-30-19-35-22-36-30)31-14-9-24(17-26(31)20-40)23-5-2-1-3-6-23/h1-14,17-19,22H,15-16,20-21H2,(H,35,36)(H2,37,38,42). The molecular formula is C33H29FN6O2. The number of nitrogens with zero attached hydrogens (tertiary/aromatic N) is 3. The van der Waals surface area contributed by atoms with Crippen LogP contribution in [-0.2, 0) is 13.1 Å². The van der Waals surface area contributed by atoms with Crippen molar-refractivity contribution in [2.45, 2.75) is 13.1 Å². The van der Waals surface area contributed by atoms with Crippen LogP contribution in [0.15, 0.2) is 110 Å². The zero-order chi connectivity index (χ0) is 28.9. The van der Waals surface area contributed by atoms with E-state index in [2.05, 4.69) is 55.8 Å². The Morgan fingerprint density at radius 2 is 1.64 bits per heavy atom. The first-order chi connectivity index (χ1) is 20.5. The molecule has 42 heavy (non-hydrogen) atoms. The Morgan fingerprint density at radius 1 is 0.833 bits per heavy atom. The maximum Gasteiger partial charge on any atom is 0.323 e. The summed E-state index contributed by atoms with van der Waals surface area (Å²) in [6.07, 6.45) is 3.56. The topological polar surface area (TPSA) is 93.4 Å². The van der Waals surface area contributed by atoms with Crippen LogP contribution in [-0.4, -0.2) is 39.9 Å². The summed E-state index contributed by atoms with van der Waals surface area (Å²) >= 11 is 0. The normalized spacial score (nSPS) is 12.8. The monoisotopic (exact) mass is 560 g/mol. The van der Waals surface area contributed by atoms with E-state index in [9.17, 15) is 14.0 Å². The van der Waals surface area contributed by atoms with Gasteiger partial charge in [-0.05, 0) is 71.3 Å². The van der Waals surface area contributed by atoms with Crippen LogP contribution in [0.1, 0.15) is 21.6 Å². The van der Waals surface area contributed by atoms with Crippen LogP contribution in [0.4, 0.5) is 26.2 Å². The highest BCUT2D eigenvalue weighted by Crippen LogP contribution is 2.32. The lowest BCUT2D eigenvalue weighted by molar-refractivity contribution is 0.0751. The van der Waals surface area contributed by atoms with Crippen LogP contribution in [0.25, 0.3) is 11.1 Å². The van der Waals surface area contributed by atoms with Gasteiger partial charge in [-0.25, -0.2) is 14.2 Å². The predicted molar refractivity (Wildman–Crippen MR) is 162 cm³/mol. The number of halogens is 1. The number of H-pyrrole nitrogens is 1. The second-order valence-electron chi connectivity index (χ2n) is 10.1. The van der Waals surface area contributed by atoms with Gasteiger partial charge in [0.2, 0.25) is 0 Å². The third-order valence-electron chi connectivity index (χ3n) is 7.19. The zero-order valence-electron chi connectivity index (χ0n) is 22.8. The molecule has 0 atom stereocenters. The molecule has 0 fully saturated rings. The molecule has 1 aromatic heterocycles. The second kappa shape index (κ2) is 12.0. The third kappa shape index (κ3) is 6.15. The molecule has 3 N–H and O–H groups in total. The molecule has 1 aliphatic rings.